The lowest BCUT2D eigenvalue weighted by Gasteiger charge is -2.20. The first-order valence-electron chi connectivity index (χ1n) is 6.05. The minimum absolute atomic E-state index is 0.0231. The summed E-state index contributed by atoms with van der Waals surface area (Å²) in [6.07, 6.45) is 5.43. The van der Waals surface area contributed by atoms with Crippen LogP contribution in [0, 0.1) is 6.92 Å². The van der Waals surface area contributed by atoms with Crippen LogP contribution >= 0.6 is 0 Å². The molecule has 2 aromatic rings. The van der Waals surface area contributed by atoms with Gasteiger partial charge in [0.25, 0.3) is 0 Å². The van der Waals surface area contributed by atoms with E-state index in [4.69, 9.17) is 5.73 Å². The molecule has 5 nitrogen and oxygen atoms in total. The Morgan fingerprint density at radius 3 is 2.83 bits per heavy atom. The number of aryl methyl sites for hydroxylation is 2. The molecule has 96 valence electrons. The van der Waals surface area contributed by atoms with Crippen molar-refractivity contribution in [2.24, 2.45) is 7.05 Å². The Kier molecular flexibility index (Phi) is 3.62. The van der Waals surface area contributed by atoms with E-state index in [1.165, 1.54) is 0 Å². The first-order valence-corrected chi connectivity index (χ1v) is 6.05. The van der Waals surface area contributed by atoms with E-state index in [-0.39, 0.29) is 6.04 Å². The fraction of sp³-hybridized carbons (Fsp3) is 0.385. The van der Waals surface area contributed by atoms with Gasteiger partial charge in [-0.15, -0.1) is 0 Å². The largest absolute Gasteiger partial charge is 0.383 e. The molecule has 0 radical (unpaired) electrons. The summed E-state index contributed by atoms with van der Waals surface area (Å²) in [4.78, 5) is 8.39. The monoisotopic (exact) mass is 245 g/mol. The van der Waals surface area contributed by atoms with Gasteiger partial charge in [-0.1, -0.05) is 6.92 Å². The summed E-state index contributed by atoms with van der Waals surface area (Å²) in [7, 11) is 1.98. The zero-order valence-electron chi connectivity index (χ0n) is 11.0. The van der Waals surface area contributed by atoms with Gasteiger partial charge in [0.1, 0.15) is 5.82 Å². The second kappa shape index (κ2) is 5.18. The lowest BCUT2D eigenvalue weighted by Crippen LogP contribution is -2.25. The van der Waals surface area contributed by atoms with Gasteiger partial charge in [-0.05, 0) is 25.1 Å². The van der Waals surface area contributed by atoms with Crippen molar-refractivity contribution in [2.75, 3.05) is 12.3 Å². The molecule has 0 bridgehead atoms. The third-order valence-electron chi connectivity index (χ3n) is 2.96. The standard InChI is InChI=1S/C13H19N5/c1-4-16-12(11-7-15-8-18(11)3)10-5-9(2)6-17-13(10)14/h5-8,12,16H,4H2,1-3H3,(H2,14,17). The zero-order valence-corrected chi connectivity index (χ0v) is 11.0. The number of rotatable bonds is 4. The van der Waals surface area contributed by atoms with Crippen molar-refractivity contribution in [3.8, 4) is 0 Å². The van der Waals surface area contributed by atoms with Gasteiger partial charge in [0.2, 0.25) is 0 Å². The molecule has 0 saturated carbocycles. The summed E-state index contributed by atoms with van der Waals surface area (Å²) < 4.78 is 2.00. The summed E-state index contributed by atoms with van der Waals surface area (Å²) >= 11 is 0. The quantitative estimate of drug-likeness (QED) is 0.854. The molecule has 18 heavy (non-hydrogen) atoms. The minimum atomic E-state index is 0.0231. The molecule has 3 N–H and O–H groups in total. The number of nitrogens with one attached hydrogen (secondary N) is 1. The fourth-order valence-electron chi connectivity index (χ4n) is 2.06. The molecule has 5 heteroatoms. The Balaban J connectivity index is 2.48. The summed E-state index contributed by atoms with van der Waals surface area (Å²) in [5.74, 6) is 0.563. The molecule has 0 saturated heterocycles. The van der Waals surface area contributed by atoms with Gasteiger partial charge in [0.05, 0.1) is 24.3 Å². The molecule has 0 aliphatic rings. The van der Waals surface area contributed by atoms with Crippen LogP contribution < -0.4 is 11.1 Å². The molecule has 0 spiro atoms. The van der Waals surface area contributed by atoms with Crippen LogP contribution in [0.5, 0.6) is 0 Å². The number of hydrogen-bond donors (Lipinski definition) is 2. The highest BCUT2D eigenvalue weighted by Crippen LogP contribution is 2.25. The normalized spacial score (nSPS) is 12.6. The van der Waals surface area contributed by atoms with Crippen molar-refractivity contribution < 1.29 is 0 Å². The summed E-state index contributed by atoms with van der Waals surface area (Å²) in [5.41, 5.74) is 9.18. The van der Waals surface area contributed by atoms with Crippen LogP contribution in [0.3, 0.4) is 0 Å². The van der Waals surface area contributed by atoms with Crippen LogP contribution in [0.15, 0.2) is 24.8 Å². The molecule has 0 fully saturated rings. The SMILES string of the molecule is CCNC(c1cc(C)cnc1N)c1cncn1C. The number of imidazole rings is 1. The van der Waals surface area contributed by atoms with Crippen LogP contribution in [-0.4, -0.2) is 21.1 Å². The van der Waals surface area contributed by atoms with E-state index in [9.17, 15) is 0 Å². The highest BCUT2D eigenvalue weighted by molar-refractivity contribution is 5.45. The van der Waals surface area contributed by atoms with E-state index in [0.717, 1.165) is 23.4 Å². The van der Waals surface area contributed by atoms with E-state index >= 15 is 0 Å². The molecule has 1 atom stereocenters. The van der Waals surface area contributed by atoms with Gasteiger partial charge in [-0.2, -0.15) is 0 Å². The smallest absolute Gasteiger partial charge is 0.128 e. The molecule has 2 heterocycles. The Morgan fingerprint density at radius 1 is 1.44 bits per heavy atom. The fourth-order valence-corrected chi connectivity index (χ4v) is 2.06. The van der Waals surface area contributed by atoms with E-state index < -0.39 is 0 Å². The third-order valence-corrected chi connectivity index (χ3v) is 2.96. The number of anilines is 1. The molecule has 2 rings (SSSR count). The van der Waals surface area contributed by atoms with Crippen molar-refractivity contribution in [1.82, 2.24) is 19.9 Å². The highest BCUT2D eigenvalue weighted by Gasteiger charge is 2.19. The summed E-state index contributed by atoms with van der Waals surface area (Å²) in [5, 5.41) is 3.43. The van der Waals surface area contributed by atoms with Gasteiger partial charge in [-0.3, -0.25) is 0 Å². The lowest BCUT2D eigenvalue weighted by atomic mass is 10.0. The predicted molar refractivity (Wildman–Crippen MR) is 72.1 cm³/mol. The molecule has 0 aliphatic carbocycles. The topological polar surface area (TPSA) is 68.8 Å². The van der Waals surface area contributed by atoms with Gasteiger partial charge >= 0.3 is 0 Å². The Morgan fingerprint density at radius 2 is 2.22 bits per heavy atom. The molecular formula is C13H19N5. The van der Waals surface area contributed by atoms with Crippen LogP contribution in [-0.2, 0) is 7.05 Å². The van der Waals surface area contributed by atoms with E-state index in [0.29, 0.717) is 5.82 Å². The summed E-state index contributed by atoms with van der Waals surface area (Å²) in [6.45, 7) is 4.94. The molecule has 1 unspecified atom stereocenters. The van der Waals surface area contributed by atoms with E-state index in [2.05, 4.69) is 28.3 Å². The first-order chi connectivity index (χ1) is 8.63. The Bertz CT molecular complexity index is 532. The molecular weight excluding hydrogens is 226 g/mol. The molecule has 0 aromatic carbocycles. The van der Waals surface area contributed by atoms with Crippen LogP contribution in [0.4, 0.5) is 5.82 Å². The third kappa shape index (κ3) is 2.36. The van der Waals surface area contributed by atoms with Crippen molar-refractivity contribution in [1.29, 1.82) is 0 Å². The maximum absolute atomic E-state index is 6.00. The predicted octanol–water partition coefficient (Wildman–Crippen LogP) is 1.40. The van der Waals surface area contributed by atoms with Crippen molar-refractivity contribution >= 4 is 5.82 Å². The van der Waals surface area contributed by atoms with Gasteiger partial charge in [0, 0.05) is 18.8 Å². The second-order valence-electron chi connectivity index (χ2n) is 4.41. The first kappa shape index (κ1) is 12.6. The average molecular weight is 245 g/mol. The number of aromatic nitrogens is 3. The minimum Gasteiger partial charge on any atom is -0.383 e. The molecule has 0 aliphatic heterocycles. The van der Waals surface area contributed by atoms with Gasteiger partial charge in [0.15, 0.2) is 0 Å². The van der Waals surface area contributed by atoms with Crippen LogP contribution in [0.25, 0.3) is 0 Å². The second-order valence-corrected chi connectivity index (χ2v) is 4.41. The number of pyridine rings is 1. The maximum Gasteiger partial charge on any atom is 0.128 e. The molecule has 0 amide bonds. The highest BCUT2D eigenvalue weighted by atomic mass is 15.1. The number of hydrogen-bond acceptors (Lipinski definition) is 4. The van der Waals surface area contributed by atoms with Gasteiger partial charge < -0.3 is 15.6 Å². The summed E-state index contributed by atoms with van der Waals surface area (Å²) in [6, 6.07) is 2.10. The van der Waals surface area contributed by atoms with E-state index in [1.54, 1.807) is 12.5 Å². The van der Waals surface area contributed by atoms with Crippen molar-refractivity contribution in [2.45, 2.75) is 19.9 Å². The Labute approximate surface area is 107 Å². The maximum atomic E-state index is 6.00. The number of nitrogens with two attached hydrogens (primary N) is 1. The van der Waals surface area contributed by atoms with Crippen molar-refractivity contribution in [3.05, 3.63) is 41.6 Å². The van der Waals surface area contributed by atoms with Crippen LogP contribution in [0.1, 0.15) is 29.8 Å². The average Bonchev–Trinajstić information content (AvgIpc) is 2.76. The van der Waals surface area contributed by atoms with Crippen molar-refractivity contribution in [3.63, 3.8) is 0 Å². The molecule has 2 aromatic heterocycles. The van der Waals surface area contributed by atoms with E-state index in [1.807, 2.05) is 24.7 Å². The zero-order chi connectivity index (χ0) is 13.1. The number of nitrogen functional groups attached to an aromatic ring is 1. The van der Waals surface area contributed by atoms with Gasteiger partial charge in [-0.25, -0.2) is 9.97 Å². The Hall–Kier alpha value is -1.88. The van der Waals surface area contributed by atoms with Crippen LogP contribution in [0.2, 0.25) is 0 Å². The lowest BCUT2D eigenvalue weighted by molar-refractivity contribution is 0.593. The number of nitrogens with zero attached hydrogens (tertiary/aromatic N) is 3.